The van der Waals surface area contributed by atoms with E-state index in [1.807, 2.05) is 18.2 Å². The Kier molecular flexibility index (Phi) is 5.18. The summed E-state index contributed by atoms with van der Waals surface area (Å²) in [5.74, 6) is -0.987. The summed E-state index contributed by atoms with van der Waals surface area (Å²) >= 11 is 0. The molecule has 0 saturated heterocycles. The standard InChI is InChI=1S/C19H19N3O3/c23-17(15-8-7-13-4-3-5-14(13)12-15)9-10-18(24)21-22-19(25)16-6-1-2-11-20-16/h1-2,6-8,11-12H,3-5,9-10H2,(H,21,24)(H,22,25). The van der Waals surface area contributed by atoms with Crippen molar-refractivity contribution in [3.63, 3.8) is 0 Å². The van der Waals surface area contributed by atoms with Gasteiger partial charge in [0.15, 0.2) is 5.78 Å². The maximum atomic E-state index is 12.2. The Bertz CT molecular complexity index is 803. The van der Waals surface area contributed by atoms with E-state index in [2.05, 4.69) is 15.8 Å². The molecule has 2 amide bonds. The molecule has 1 aromatic carbocycles. The Morgan fingerprint density at radius 3 is 2.60 bits per heavy atom. The number of benzene rings is 1. The molecule has 0 aliphatic heterocycles. The number of aryl methyl sites for hydroxylation is 2. The molecule has 1 aromatic heterocycles. The van der Waals surface area contributed by atoms with Crippen LogP contribution < -0.4 is 10.9 Å². The van der Waals surface area contributed by atoms with Crippen LogP contribution in [0.15, 0.2) is 42.6 Å². The minimum Gasteiger partial charge on any atom is -0.294 e. The van der Waals surface area contributed by atoms with Gasteiger partial charge < -0.3 is 0 Å². The second-order valence-corrected chi connectivity index (χ2v) is 5.98. The van der Waals surface area contributed by atoms with Crippen molar-refractivity contribution in [2.45, 2.75) is 32.1 Å². The van der Waals surface area contributed by atoms with Crippen molar-refractivity contribution in [2.75, 3.05) is 0 Å². The lowest BCUT2D eigenvalue weighted by Crippen LogP contribution is -2.42. The average Bonchev–Trinajstić information content (AvgIpc) is 3.12. The summed E-state index contributed by atoms with van der Waals surface area (Å²) in [4.78, 5) is 39.7. The van der Waals surface area contributed by atoms with E-state index in [-0.39, 0.29) is 24.3 Å². The fourth-order valence-corrected chi connectivity index (χ4v) is 2.87. The van der Waals surface area contributed by atoms with Gasteiger partial charge in [0, 0.05) is 24.6 Å². The van der Waals surface area contributed by atoms with Crippen molar-refractivity contribution in [3.05, 3.63) is 65.0 Å². The van der Waals surface area contributed by atoms with Crippen LogP contribution in [0, 0.1) is 0 Å². The van der Waals surface area contributed by atoms with E-state index >= 15 is 0 Å². The lowest BCUT2D eigenvalue weighted by Gasteiger charge is -2.07. The van der Waals surface area contributed by atoms with Crippen molar-refractivity contribution >= 4 is 17.6 Å². The smallest absolute Gasteiger partial charge is 0.288 e. The summed E-state index contributed by atoms with van der Waals surface area (Å²) in [7, 11) is 0. The first-order valence-electron chi connectivity index (χ1n) is 8.29. The summed E-state index contributed by atoms with van der Waals surface area (Å²) in [6.45, 7) is 0. The van der Waals surface area contributed by atoms with E-state index in [0.29, 0.717) is 5.56 Å². The second kappa shape index (κ2) is 7.70. The molecule has 2 aromatic rings. The summed E-state index contributed by atoms with van der Waals surface area (Å²) in [6, 6.07) is 10.7. The Morgan fingerprint density at radius 2 is 1.80 bits per heavy atom. The number of rotatable bonds is 5. The number of nitrogens with one attached hydrogen (secondary N) is 2. The Labute approximate surface area is 145 Å². The van der Waals surface area contributed by atoms with Gasteiger partial charge in [-0.05, 0) is 48.6 Å². The van der Waals surface area contributed by atoms with Crippen LogP contribution in [0.1, 0.15) is 51.2 Å². The quantitative estimate of drug-likeness (QED) is 0.645. The van der Waals surface area contributed by atoms with Gasteiger partial charge in [0.25, 0.3) is 5.91 Å². The molecule has 0 fully saturated rings. The van der Waals surface area contributed by atoms with E-state index in [1.165, 1.54) is 17.3 Å². The number of carbonyl (C=O) groups excluding carboxylic acids is 3. The number of aromatic nitrogens is 1. The van der Waals surface area contributed by atoms with Crippen molar-refractivity contribution in [2.24, 2.45) is 0 Å². The molecule has 2 N–H and O–H groups in total. The van der Waals surface area contributed by atoms with Crippen LogP contribution >= 0.6 is 0 Å². The zero-order chi connectivity index (χ0) is 17.6. The molecule has 128 valence electrons. The number of carbonyl (C=O) groups is 3. The highest BCUT2D eigenvalue weighted by molar-refractivity contribution is 5.98. The van der Waals surface area contributed by atoms with Crippen LogP contribution in [0.2, 0.25) is 0 Å². The van der Waals surface area contributed by atoms with E-state index in [0.717, 1.165) is 19.3 Å². The molecule has 1 aliphatic rings. The minimum atomic E-state index is -0.501. The van der Waals surface area contributed by atoms with Gasteiger partial charge in [0.05, 0.1) is 0 Å². The van der Waals surface area contributed by atoms with Crippen molar-refractivity contribution < 1.29 is 14.4 Å². The summed E-state index contributed by atoms with van der Waals surface area (Å²) < 4.78 is 0. The number of Topliss-reactive ketones (excluding diaryl/α,β-unsaturated/α-hetero) is 1. The first-order valence-corrected chi connectivity index (χ1v) is 8.29. The molecule has 1 heterocycles. The third kappa shape index (κ3) is 4.29. The number of hydrazine groups is 1. The monoisotopic (exact) mass is 337 g/mol. The van der Waals surface area contributed by atoms with Gasteiger partial charge in [0.2, 0.25) is 5.91 Å². The lowest BCUT2D eigenvalue weighted by molar-refractivity contribution is -0.121. The number of hydrogen-bond acceptors (Lipinski definition) is 4. The third-order valence-corrected chi connectivity index (χ3v) is 4.21. The fraction of sp³-hybridized carbons (Fsp3) is 0.263. The number of amides is 2. The van der Waals surface area contributed by atoms with Gasteiger partial charge in [-0.2, -0.15) is 0 Å². The highest BCUT2D eigenvalue weighted by atomic mass is 16.2. The minimum absolute atomic E-state index is 0.0123. The van der Waals surface area contributed by atoms with E-state index in [9.17, 15) is 14.4 Å². The predicted molar refractivity (Wildman–Crippen MR) is 91.9 cm³/mol. The van der Waals surface area contributed by atoms with Gasteiger partial charge in [-0.15, -0.1) is 0 Å². The highest BCUT2D eigenvalue weighted by Crippen LogP contribution is 2.23. The summed E-state index contributed by atoms with van der Waals surface area (Å²) in [5, 5.41) is 0. The zero-order valence-corrected chi connectivity index (χ0v) is 13.7. The van der Waals surface area contributed by atoms with Gasteiger partial charge in [-0.3, -0.25) is 30.2 Å². The molecule has 6 heteroatoms. The van der Waals surface area contributed by atoms with Crippen LogP contribution in [0.25, 0.3) is 0 Å². The summed E-state index contributed by atoms with van der Waals surface area (Å²) in [6.07, 6.45) is 4.82. The van der Waals surface area contributed by atoms with E-state index < -0.39 is 11.8 Å². The highest BCUT2D eigenvalue weighted by Gasteiger charge is 2.15. The van der Waals surface area contributed by atoms with Gasteiger partial charge in [0.1, 0.15) is 5.69 Å². The van der Waals surface area contributed by atoms with Crippen LogP contribution in [-0.2, 0) is 17.6 Å². The van der Waals surface area contributed by atoms with Gasteiger partial charge in [-0.25, -0.2) is 0 Å². The lowest BCUT2D eigenvalue weighted by atomic mass is 10.0. The molecule has 0 spiro atoms. The van der Waals surface area contributed by atoms with Crippen LogP contribution in [0.3, 0.4) is 0 Å². The van der Waals surface area contributed by atoms with Gasteiger partial charge in [-0.1, -0.05) is 18.2 Å². The largest absolute Gasteiger partial charge is 0.294 e. The number of ketones is 1. The second-order valence-electron chi connectivity index (χ2n) is 5.98. The molecule has 0 saturated carbocycles. The maximum Gasteiger partial charge on any atom is 0.288 e. The molecule has 0 atom stereocenters. The van der Waals surface area contributed by atoms with Crippen LogP contribution in [-0.4, -0.2) is 22.6 Å². The van der Waals surface area contributed by atoms with E-state index in [1.54, 1.807) is 18.2 Å². The zero-order valence-electron chi connectivity index (χ0n) is 13.7. The summed E-state index contributed by atoms with van der Waals surface area (Å²) in [5.41, 5.74) is 7.98. The Morgan fingerprint density at radius 1 is 0.960 bits per heavy atom. The molecule has 6 nitrogen and oxygen atoms in total. The first kappa shape index (κ1) is 16.8. The first-order chi connectivity index (χ1) is 12.1. The fourth-order valence-electron chi connectivity index (χ4n) is 2.87. The van der Waals surface area contributed by atoms with Crippen molar-refractivity contribution in [1.82, 2.24) is 15.8 Å². The van der Waals surface area contributed by atoms with E-state index in [4.69, 9.17) is 0 Å². The van der Waals surface area contributed by atoms with Crippen molar-refractivity contribution in [1.29, 1.82) is 0 Å². The maximum absolute atomic E-state index is 12.2. The van der Waals surface area contributed by atoms with Crippen LogP contribution in [0.4, 0.5) is 0 Å². The molecular weight excluding hydrogens is 318 g/mol. The SMILES string of the molecule is O=C(CCC(=O)c1ccc2c(c1)CCC2)NNC(=O)c1ccccn1. The normalized spacial score (nSPS) is 12.3. The molecule has 1 aliphatic carbocycles. The van der Waals surface area contributed by atoms with Crippen molar-refractivity contribution in [3.8, 4) is 0 Å². The predicted octanol–water partition coefficient (Wildman–Crippen LogP) is 1.99. The Balaban J connectivity index is 1.46. The molecule has 3 rings (SSSR count). The molecule has 0 radical (unpaired) electrons. The molecule has 25 heavy (non-hydrogen) atoms. The number of nitrogens with zero attached hydrogens (tertiary/aromatic N) is 1. The average molecular weight is 337 g/mol. The molecule has 0 bridgehead atoms. The number of hydrogen-bond donors (Lipinski definition) is 2. The molecular formula is C19H19N3O3. The topological polar surface area (TPSA) is 88.2 Å². The third-order valence-electron chi connectivity index (χ3n) is 4.21. The van der Waals surface area contributed by atoms with Gasteiger partial charge >= 0.3 is 0 Å². The number of pyridine rings is 1. The number of fused-ring (bicyclic) bond motifs is 1. The van der Waals surface area contributed by atoms with Crippen LogP contribution in [0.5, 0.6) is 0 Å². The molecule has 0 unspecified atom stereocenters. The Hall–Kier alpha value is -3.02.